The second-order valence-electron chi connectivity index (χ2n) is 6.44. The van der Waals surface area contributed by atoms with Crippen LogP contribution in [0.5, 0.6) is 5.75 Å². The lowest BCUT2D eigenvalue weighted by Crippen LogP contribution is -2.42. The molecule has 1 N–H and O–H groups in total. The highest BCUT2D eigenvalue weighted by molar-refractivity contribution is 5.35. The molecule has 21 heavy (non-hydrogen) atoms. The summed E-state index contributed by atoms with van der Waals surface area (Å²) in [6.07, 6.45) is 5.31. The number of ether oxygens (including phenoxy) is 1. The summed E-state index contributed by atoms with van der Waals surface area (Å²) in [5, 5.41) is 12.8. The van der Waals surface area contributed by atoms with Gasteiger partial charge < -0.3 is 4.74 Å². The van der Waals surface area contributed by atoms with Crippen molar-refractivity contribution in [3.8, 4) is 11.8 Å². The largest absolute Gasteiger partial charge is 0.493 e. The zero-order chi connectivity index (χ0) is 15.3. The van der Waals surface area contributed by atoms with Crippen LogP contribution in [0.1, 0.15) is 50.2 Å². The van der Waals surface area contributed by atoms with Crippen molar-refractivity contribution >= 4 is 0 Å². The Bertz CT molecular complexity index is 516. The van der Waals surface area contributed by atoms with Crippen molar-refractivity contribution in [1.29, 1.82) is 5.26 Å². The van der Waals surface area contributed by atoms with E-state index in [0.29, 0.717) is 6.04 Å². The van der Waals surface area contributed by atoms with Gasteiger partial charge in [-0.2, -0.15) is 5.26 Å². The Hall–Kier alpha value is -1.53. The number of hydrogen-bond acceptors (Lipinski definition) is 3. The van der Waals surface area contributed by atoms with Crippen molar-refractivity contribution in [3.05, 3.63) is 29.3 Å². The van der Waals surface area contributed by atoms with Gasteiger partial charge in [0.25, 0.3) is 0 Å². The lowest BCUT2D eigenvalue weighted by molar-refractivity contribution is 0.293. The summed E-state index contributed by atoms with van der Waals surface area (Å²) in [6, 6.07) is 9.25. The zero-order valence-corrected chi connectivity index (χ0v) is 13.4. The third-order valence-corrected chi connectivity index (χ3v) is 4.01. The molecule has 0 heterocycles. The number of nitriles is 1. The predicted octanol–water partition coefficient (Wildman–Crippen LogP) is 3.89. The van der Waals surface area contributed by atoms with Crippen molar-refractivity contribution < 1.29 is 4.74 Å². The number of unbranched alkanes of at least 4 members (excludes halogenated alkanes) is 1. The van der Waals surface area contributed by atoms with Gasteiger partial charge in [0.05, 0.1) is 12.7 Å². The number of nitrogens with one attached hydrogen (secondary N) is 1. The van der Waals surface area contributed by atoms with Gasteiger partial charge >= 0.3 is 0 Å². The van der Waals surface area contributed by atoms with Gasteiger partial charge in [0.1, 0.15) is 11.3 Å². The van der Waals surface area contributed by atoms with E-state index in [-0.39, 0.29) is 5.54 Å². The smallest absolute Gasteiger partial charge is 0.122 e. The van der Waals surface area contributed by atoms with E-state index in [9.17, 15) is 5.26 Å². The molecule has 1 aromatic carbocycles. The third-order valence-electron chi connectivity index (χ3n) is 4.01. The van der Waals surface area contributed by atoms with E-state index in [1.54, 1.807) is 0 Å². The average molecular weight is 286 g/mol. The Labute approximate surface area is 128 Å². The van der Waals surface area contributed by atoms with Crippen molar-refractivity contribution in [2.75, 3.05) is 6.61 Å². The standard InChI is InChI=1S/C18H26N2O/c1-14-6-9-17(15(2)12-14)21-11-5-4-10-18(3,13-19)20-16-7-8-16/h6,9,12,16,20H,4-5,7-8,10-11H2,1-3H3. The van der Waals surface area contributed by atoms with E-state index in [0.717, 1.165) is 31.6 Å². The van der Waals surface area contributed by atoms with Crippen LogP contribution in [0.4, 0.5) is 0 Å². The third kappa shape index (κ3) is 5.06. The minimum atomic E-state index is -0.374. The fourth-order valence-electron chi connectivity index (χ4n) is 2.56. The molecule has 1 aliphatic carbocycles. The van der Waals surface area contributed by atoms with Crippen LogP contribution in [0.3, 0.4) is 0 Å². The van der Waals surface area contributed by atoms with E-state index in [1.165, 1.54) is 24.0 Å². The minimum absolute atomic E-state index is 0.374. The van der Waals surface area contributed by atoms with E-state index in [2.05, 4.69) is 37.4 Å². The van der Waals surface area contributed by atoms with E-state index >= 15 is 0 Å². The molecule has 3 heteroatoms. The van der Waals surface area contributed by atoms with Crippen LogP contribution in [-0.4, -0.2) is 18.2 Å². The molecule has 0 amide bonds. The molecule has 0 spiro atoms. The summed E-state index contributed by atoms with van der Waals surface area (Å²) < 4.78 is 5.83. The summed E-state index contributed by atoms with van der Waals surface area (Å²) in [5.74, 6) is 0.972. The molecule has 114 valence electrons. The maximum Gasteiger partial charge on any atom is 0.122 e. The fourth-order valence-corrected chi connectivity index (χ4v) is 2.56. The number of benzene rings is 1. The molecule has 0 radical (unpaired) electrons. The van der Waals surface area contributed by atoms with Crippen molar-refractivity contribution in [3.63, 3.8) is 0 Å². The van der Waals surface area contributed by atoms with Gasteiger partial charge in [-0.15, -0.1) is 0 Å². The molecular formula is C18H26N2O. The lowest BCUT2D eigenvalue weighted by atomic mass is 9.96. The first-order valence-corrected chi connectivity index (χ1v) is 7.91. The monoisotopic (exact) mass is 286 g/mol. The van der Waals surface area contributed by atoms with Crippen LogP contribution >= 0.6 is 0 Å². The summed E-state index contributed by atoms with van der Waals surface area (Å²) in [7, 11) is 0. The molecule has 0 saturated heterocycles. The first-order chi connectivity index (χ1) is 10.0. The highest BCUT2D eigenvalue weighted by atomic mass is 16.5. The Kier molecular flexibility index (Phi) is 5.25. The summed E-state index contributed by atoms with van der Waals surface area (Å²) in [5.41, 5.74) is 2.07. The normalized spacial score (nSPS) is 17.0. The SMILES string of the molecule is Cc1ccc(OCCCCC(C)(C#N)NC2CC2)c(C)c1. The quantitative estimate of drug-likeness (QED) is 0.737. The molecular weight excluding hydrogens is 260 g/mol. The second-order valence-corrected chi connectivity index (χ2v) is 6.44. The van der Waals surface area contributed by atoms with Gasteiger partial charge in [-0.1, -0.05) is 17.7 Å². The number of nitrogens with zero attached hydrogens (tertiary/aromatic N) is 1. The average Bonchev–Trinajstić information content (AvgIpc) is 3.24. The Morgan fingerprint density at radius 3 is 2.71 bits per heavy atom. The molecule has 0 aromatic heterocycles. The number of aryl methyl sites for hydroxylation is 2. The molecule has 0 bridgehead atoms. The van der Waals surface area contributed by atoms with E-state index < -0.39 is 0 Å². The van der Waals surface area contributed by atoms with Gasteiger partial charge in [-0.05, 0) is 64.5 Å². The molecule has 1 atom stereocenters. The van der Waals surface area contributed by atoms with Crippen molar-refractivity contribution in [2.24, 2.45) is 0 Å². The topological polar surface area (TPSA) is 45.0 Å². The van der Waals surface area contributed by atoms with Gasteiger partial charge in [0.15, 0.2) is 0 Å². The summed E-state index contributed by atoms with van der Waals surface area (Å²) >= 11 is 0. The molecule has 1 unspecified atom stereocenters. The van der Waals surface area contributed by atoms with Crippen molar-refractivity contribution in [1.82, 2.24) is 5.32 Å². The molecule has 3 nitrogen and oxygen atoms in total. The Balaban J connectivity index is 1.68. The van der Waals surface area contributed by atoms with Crippen LogP contribution in [-0.2, 0) is 0 Å². The van der Waals surface area contributed by atoms with Crippen LogP contribution in [0.25, 0.3) is 0 Å². The van der Waals surface area contributed by atoms with Gasteiger partial charge in [0, 0.05) is 6.04 Å². The Morgan fingerprint density at radius 1 is 1.33 bits per heavy atom. The van der Waals surface area contributed by atoms with Crippen LogP contribution in [0, 0.1) is 25.2 Å². The molecule has 1 aromatic rings. The maximum absolute atomic E-state index is 9.32. The van der Waals surface area contributed by atoms with Gasteiger partial charge in [-0.25, -0.2) is 0 Å². The first kappa shape index (κ1) is 15.9. The summed E-state index contributed by atoms with van der Waals surface area (Å²) in [6.45, 7) is 6.89. The van der Waals surface area contributed by atoms with E-state index in [1.807, 2.05) is 13.0 Å². The number of hydrogen-bond donors (Lipinski definition) is 1. The predicted molar refractivity (Wildman–Crippen MR) is 85.4 cm³/mol. The maximum atomic E-state index is 9.32. The molecule has 1 aliphatic rings. The zero-order valence-electron chi connectivity index (χ0n) is 13.4. The molecule has 1 saturated carbocycles. The number of rotatable bonds is 8. The van der Waals surface area contributed by atoms with Crippen molar-refractivity contribution in [2.45, 2.75) is 64.5 Å². The molecule has 1 fully saturated rings. The highest BCUT2D eigenvalue weighted by Gasteiger charge is 2.31. The van der Waals surface area contributed by atoms with E-state index in [4.69, 9.17) is 4.74 Å². The minimum Gasteiger partial charge on any atom is -0.493 e. The summed E-state index contributed by atoms with van der Waals surface area (Å²) in [4.78, 5) is 0. The fraction of sp³-hybridized carbons (Fsp3) is 0.611. The molecule has 0 aliphatic heterocycles. The molecule has 2 rings (SSSR count). The Morgan fingerprint density at radius 2 is 2.10 bits per heavy atom. The highest BCUT2D eigenvalue weighted by Crippen LogP contribution is 2.25. The van der Waals surface area contributed by atoms with Crippen LogP contribution in [0.15, 0.2) is 18.2 Å². The lowest BCUT2D eigenvalue weighted by Gasteiger charge is -2.23. The first-order valence-electron chi connectivity index (χ1n) is 7.91. The van der Waals surface area contributed by atoms with Gasteiger partial charge in [0.2, 0.25) is 0 Å². The van der Waals surface area contributed by atoms with Crippen LogP contribution < -0.4 is 10.1 Å². The van der Waals surface area contributed by atoms with Crippen LogP contribution in [0.2, 0.25) is 0 Å². The second kappa shape index (κ2) is 6.95. The van der Waals surface area contributed by atoms with Gasteiger partial charge in [-0.3, -0.25) is 5.32 Å².